The largest absolute Gasteiger partial charge is 0.351 e. The van der Waals surface area contributed by atoms with Crippen LogP contribution in [0.3, 0.4) is 0 Å². The molecule has 1 atom stereocenters. The first-order valence-electron chi connectivity index (χ1n) is 8.37. The first kappa shape index (κ1) is 17.1. The zero-order valence-electron chi connectivity index (χ0n) is 13.6. The lowest BCUT2D eigenvalue weighted by Gasteiger charge is -2.26. The summed E-state index contributed by atoms with van der Waals surface area (Å²) in [5.74, 6) is -0.0695. The fourth-order valence-electron chi connectivity index (χ4n) is 3.16. The third kappa shape index (κ3) is 3.84. The fourth-order valence-corrected chi connectivity index (χ4v) is 3.87. The molecule has 1 heterocycles. The Hall–Kier alpha value is -0.770. The topological polar surface area (TPSA) is 32.3 Å². The second-order valence-corrected chi connectivity index (χ2v) is 8.53. The van der Waals surface area contributed by atoms with Gasteiger partial charge in [-0.2, -0.15) is 0 Å². The van der Waals surface area contributed by atoms with Gasteiger partial charge in [0, 0.05) is 13.1 Å². The van der Waals surface area contributed by atoms with Crippen molar-refractivity contribution in [1.29, 1.82) is 0 Å². The van der Waals surface area contributed by atoms with E-state index in [1.54, 1.807) is 0 Å². The summed E-state index contributed by atoms with van der Waals surface area (Å²) in [6, 6.07) is 8.48. The number of likely N-dealkylation sites (tertiary alicyclic amines) is 1. The smallest absolute Gasteiger partial charge is 0.229 e. The van der Waals surface area contributed by atoms with Crippen LogP contribution in [0.1, 0.15) is 43.7 Å². The van der Waals surface area contributed by atoms with Gasteiger partial charge in [-0.25, -0.2) is 0 Å². The molecule has 2 aliphatic rings. The summed E-state index contributed by atoms with van der Waals surface area (Å²) in [7, 11) is 0. The van der Waals surface area contributed by atoms with E-state index in [-0.39, 0.29) is 5.91 Å². The quantitative estimate of drug-likeness (QED) is 0.814. The Kier molecular flexibility index (Phi) is 4.91. The van der Waals surface area contributed by atoms with Crippen LogP contribution >= 0.6 is 23.2 Å². The number of alkyl halides is 2. The number of benzene rings is 1. The van der Waals surface area contributed by atoms with E-state index in [1.807, 2.05) is 6.92 Å². The summed E-state index contributed by atoms with van der Waals surface area (Å²) >= 11 is 12.1. The van der Waals surface area contributed by atoms with Gasteiger partial charge in [0.25, 0.3) is 0 Å². The number of piperidine rings is 1. The monoisotopic (exact) mass is 354 g/mol. The molecule has 1 saturated heterocycles. The van der Waals surface area contributed by atoms with Crippen LogP contribution in [0, 0.1) is 5.41 Å². The van der Waals surface area contributed by atoms with Crippen molar-refractivity contribution in [3.63, 3.8) is 0 Å². The Bertz CT molecular complexity index is 567. The average Bonchev–Trinajstić information content (AvgIpc) is 3.07. The number of nitrogens with zero attached hydrogens (tertiary/aromatic N) is 1. The van der Waals surface area contributed by atoms with Gasteiger partial charge >= 0.3 is 0 Å². The Labute approximate surface area is 148 Å². The molecule has 0 aromatic heterocycles. The molecular weight excluding hydrogens is 331 g/mol. The van der Waals surface area contributed by atoms with Crippen molar-refractivity contribution < 1.29 is 4.79 Å². The third-order valence-corrected chi connectivity index (χ3v) is 6.19. The Morgan fingerprint density at radius 2 is 1.70 bits per heavy atom. The predicted molar refractivity (Wildman–Crippen MR) is 94.6 cm³/mol. The molecule has 1 aromatic rings. The first-order chi connectivity index (χ1) is 10.9. The SMILES string of the molecule is CC1(C(=O)NCc2ccc(CN3CCCCC3)cc2)CC1(Cl)Cl. The molecule has 1 aromatic carbocycles. The number of hydrogen-bond acceptors (Lipinski definition) is 2. The lowest BCUT2D eigenvalue weighted by atomic mass is 10.1. The highest BCUT2D eigenvalue weighted by molar-refractivity contribution is 6.53. The molecule has 1 amide bonds. The van der Waals surface area contributed by atoms with Crippen LogP contribution in [0.15, 0.2) is 24.3 Å². The molecular formula is C18H24Cl2N2O. The minimum atomic E-state index is -0.907. The van der Waals surface area contributed by atoms with Gasteiger partial charge in [-0.3, -0.25) is 9.69 Å². The van der Waals surface area contributed by atoms with Crippen LogP contribution in [0.2, 0.25) is 0 Å². The van der Waals surface area contributed by atoms with Crippen molar-refractivity contribution in [2.45, 2.75) is 50.0 Å². The summed E-state index contributed by atoms with van der Waals surface area (Å²) in [6.07, 6.45) is 4.50. The molecule has 1 aliphatic heterocycles. The first-order valence-corrected chi connectivity index (χ1v) is 9.13. The summed E-state index contributed by atoms with van der Waals surface area (Å²) in [4.78, 5) is 14.7. The highest BCUT2D eigenvalue weighted by Crippen LogP contribution is 2.63. The number of nitrogens with one attached hydrogen (secondary N) is 1. The van der Waals surface area contributed by atoms with Gasteiger partial charge in [0.2, 0.25) is 5.91 Å². The van der Waals surface area contributed by atoms with Crippen molar-refractivity contribution in [2.75, 3.05) is 13.1 Å². The minimum Gasteiger partial charge on any atom is -0.351 e. The Morgan fingerprint density at radius 3 is 2.26 bits per heavy atom. The van der Waals surface area contributed by atoms with E-state index in [0.717, 1.165) is 12.1 Å². The van der Waals surface area contributed by atoms with E-state index in [0.29, 0.717) is 13.0 Å². The summed E-state index contributed by atoms with van der Waals surface area (Å²) in [5.41, 5.74) is 1.78. The average molecular weight is 355 g/mol. The van der Waals surface area contributed by atoms with E-state index in [9.17, 15) is 4.79 Å². The Balaban J connectivity index is 1.49. The van der Waals surface area contributed by atoms with E-state index in [1.165, 1.54) is 37.9 Å². The molecule has 23 heavy (non-hydrogen) atoms. The van der Waals surface area contributed by atoms with Crippen LogP contribution in [-0.4, -0.2) is 28.2 Å². The van der Waals surface area contributed by atoms with E-state index in [4.69, 9.17) is 23.2 Å². The standard InChI is InChI=1S/C18H24Cl2N2O/c1-17(13-18(17,19)20)16(23)21-11-14-5-7-15(8-6-14)12-22-9-3-2-4-10-22/h5-8H,2-4,9-13H2,1H3,(H,21,23). The predicted octanol–water partition coefficient (Wildman–Crippen LogP) is 3.87. The molecule has 126 valence electrons. The van der Waals surface area contributed by atoms with Crippen LogP contribution in [-0.2, 0) is 17.9 Å². The van der Waals surface area contributed by atoms with Gasteiger partial charge in [-0.1, -0.05) is 30.7 Å². The summed E-state index contributed by atoms with van der Waals surface area (Å²) in [5, 5.41) is 2.94. The summed E-state index contributed by atoms with van der Waals surface area (Å²) in [6.45, 7) is 5.75. The lowest BCUT2D eigenvalue weighted by Crippen LogP contribution is -2.32. The maximum Gasteiger partial charge on any atom is 0.229 e. The molecule has 1 aliphatic carbocycles. The maximum absolute atomic E-state index is 12.2. The highest BCUT2D eigenvalue weighted by Gasteiger charge is 2.67. The fraction of sp³-hybridized carbons (Fsp3) is 0.611. The molecule has 0 spiro atoms. The second kappa shape index (κ2) is 6.62. The van der Waals surface area contributed by atoms with Crippen molar-refractivity contribution in [2.24, 2.45) is 5.41 Å². The van der Waals surface area contributed by atoms with Crippen LogP contribution in [0.25, 0.3) is 0 Å². The lowest BCUT2D eigenvalue weighted by molar-refractivity contribution is -0.125. The zero-order valence-corrected chi connectivity index (χ0v) is 15.1. The van der Waals surface area contributed by atoms with Gasteiger partial charge in [0.05, 0.1) is 5.41 Å². The molecule has 3 rings (SSSR count). The van der Waals surface area contributed by atoms with Gasteiger partial charge in [0.1, 0.15) is 4.33 Å². The zero-order chi connectivity index (χ0) is 16.5. The number of hydrogen-bond donors (Lipinski definition) is 1. The maximum atomic E-state index is 12.2. The van der Waals surface area contributed by atoms with Gasteiger partial charge in [0.15, 0.2) is 0 Å². The van der Waals surface area contributed by atoms with Crippen molar-refractivity contribution in [1.82, 2.24) is 10.2 Å². The summed E-state index contributed by atoms with van der Waals surface area (Å²) < 4.78 is -0.907. The minimum absolute atomic E-state index is 0.0695. The van der Waals surface area contributed by atoms with Gasteiger partial charge < -0.3 is 5.32 Å². The number of halogens is 2. The molecule has 1 saturated carbocycles. The van der Waals surface area contributed by atoms with Crippen molar-refractivity contribution in [3.05, 3.63) is 35.4 Å². The molecule has 0 bridgehead atoms. The molecule has 0 radical (unpaired) electrons. The molecule has 2 fully saturated rings. The van der Waals surface area contributed by atoms with E-state index < -0.39 is 9.75 Å². The van der Waals surface area contributed by atoms with E-state index in [2.05, 4.69) is 34.5 Å². The van der Waals surface area contributed by atoms with Gasteiger partial charge in [-0.05, 0) is 50.4 Å². The van der Waals surface area contributed by atoms with Crippen LogP contribution < -0.4 is 5.32 Å². The third-order valence-electron chi connectivity index (χ3n) is 5.09. The number of rotatable bonds is 5. The molecule has 3 nitrogen and oxygen atoms in total. The number of carbonyl (C=O) groups is 1. The van der Waals surface area contributed by atoms with Gasteiger partial charge in [-0.15, -0.1) is 23.2 Å². The van der Waals surface area contributed by atoms with Crippen molar-refractivity contribution in [3.8, 4) is 0 Å². The highest BCUT2D eigenvalue weighted by atomic mass is 35.5. The van der Waals surface area contributed by atoms with E-state index >= 15 is 0 Å². The Morgan fingerprint density at radius 1 is 1.13 bits per heavy atom. The second-order valence-electron chi connectivity index (χ2n) is 7.05. The molecule has 5 heteroatoms. The van der Waals surface area contributed by atoms with Crippen LogP contribution in [0.5, 0.6) is 0 Å². The normalized spacial score (nSPS) is 26.7. The number of amides is 1. The van der Waals surface area contributed by atoms with Crippen molar-refractivity contribution >= 4 is 29.1 Å². The molecule has 1 N–H and O–H groups in total. The number of carbonyl (C=O) groups excluding carboxylic acids is 1. The molecule has 1 unspecified atom stereocenters. The van der Waals surface area contributed by atoms with Crippen LogP contribution in [0.4, 0.5) is 0 Å².